The van der Waals surface area contributed by atoms with Gasteiger partial charge in [-0.25, -0.2) is 32.3 Å². The Morgan fingerprint density at radius 1 is 0.900 bits per heavy atom. The van der Waals surface area contributed by atoms with E-state index in [1.54, 1.807) is 6.07 Å². The third-order valence-corrected chi connectivity index (χ3v) is 6.75. The average Bonchev–Trinajstić information content (AvgIpc) is 3.19. The molecule has 2 aromatic carbocycles. The zero-order chi connectivity index (χ0) is 28.7. The molecule has 0 aliphatic carbocycles. The van der Waals surface area contributed by atoms with Gasteiger partial charge in [0.1, 0.15) is 11.6 Å². The number of H-pyrrole nitrogens is 1. The summed E-state index contributed by atoms with van der Waals surface area (Å²) in [4.78, 5) is 49.9. The number of imidazole rings is 1. The zero-order valence-corrected chi connectivity index (χ0v) is 21.8. The monoisotopic (exact) mass is 551 g/mol. The Morgan fingerprint density at radius 3 is 2.35 bits per heavy atom. The van der Waals surface area contributed by atoms with Crippen LogP contribution in [0.15, 0.2) is 57.0 Å². The number of aromatic amines is 1. The molecule has 13 heteroatoms. The molecule has 0 amide bonds. The molecule has 0 saturated carbocycles. The summed E-state index contributed by atoms with van der Waals surface area (Å²) in [5, 5.41) is 3.01. The van der Waals surface area contributed by atoms with Crippen LogP contribution in [0.5, 0.6) is 0 Å². The van der Waals surface area contributed by atoms with Crippen LogP contribution >= 0.6 is 0 Å². The summed E-state index contributed by atoms with van der Waals surface area (Å²) in [7, 11) is 1.84. The SMILES string of the molecule is CCc1cc2nc(C)n(C)c2cc1Nc1nc(=O)n(Cc2ccc[nH]c2=O)c(=O)n1Cc1cc(F)c(F)cc1F. The molecule has 0 radical (unpaired) electrons. The second-order valence-corrected chi connectivity index (χ2v) is 9.25. The Balaban J connectivity index is 1.69. The summed E-state index contributed by atoms with van der Waals surface area (Å²) in [6, 6.07) is 7.64. The fourth-order valence-electron chi connectivity index (χ4n) is 4.44. The van der Waals surface area contributed by atoms with Crippen LogP contribution in [0.1, 0.15) is 29.4 Å². The van der Waals surface area contributed by atoms with Crippen molar-refractivity contribution in [3.8, 4) is 0 Å². The number of hydrogen-bond donors (Lipinski definition) is 2. The summed E-state index contributed by atoms with van der Waals surface area (Å²) in [6.07, 6.45) is 1.96. The maximum atomic E-state index is 14.6. The van der Waals surface area contributed by atoms with Gasteiger partial charge in [-0.05, 0) is 43.2 Å². The van der Waals surface area contributed by atoms with E-state index in [9.17, 15) is 27.6 Å². The Morgan fingerprint density at radius 2 is 1.62 bits per heavy atom. The Hall–Kier alpha value is -4.94. The van der Waals surface area contributed by atoms with E-state index in [4.69, 9.17) is 0 Å². The second kappa shape index (κ2) is 10.3. The summed E-state index contributed by atoms with van der Waals surface area (Å²) >= 11 is 0. The van der Waals surface area contributed by atoms with E-state index in [1.807, 2.05) is 31.5 Å². The Kier molecular flexibility index (Phi) is 6.88. The number of anilines is 2. The summed E-state index contributed by atoms with van der Waals surface area (Å²) < 4.78 is 45.8. The maximum Gasteiger partial charge on any atom is 0.355 e. The van der Waals surface area contributed by atoms with Crippen molar-refractivity contribution in [3.63, 3.8) is 0 Å². The quantitative estimate of drug-likeness (QED) is 0.300. The Labute approximate surface area is 224 Å². The summed E-state index contributed by atoms with van der Waals surface area (Å²) in [5.41, 5.74) is 0.184. The van der Waals surface area contributed by atoms with Crippen LogP contribution in [0.3, 0.4) is 0 Å². The van der Waals surface area contributed by atoms with Crippen LogP contribution in [-0.2, 0) is 26.6 Å². The van der Waals surface area contributed by atoms with Crippen LogP contribution in [0, 0.1) is 24.4 Å². The number of fused-ring (bicyclic) bond motifs is 1. The molecule has 0 aliphatic heterocycles. The number of pyridine rings is 1. The molecular weight excluding hydrogens is 527 g/mol. The fourth-order valence-corrected chi connectivity index (χ4v) is 4.44. The van der Waals surface area contributed by atoms with Gasteiger partial charge >= 0.3 is 11.4 Å². The van der Waals surface area contributed by atoms with Gasteiger partial charge in [0.25, 0.3) is 5.56 Å². The summed E-state index contributed by atoms with van der Waals surface area (Å²) in [6.45, 7) is 2.76. The van der Waals surface area contributed by atoms with E-state index >= 15 is 0 Å². The van der Waals surface area contributed by atoms with E-state index in [1.165, 1.54) is 18.3 Å². The van der Waals surface area contributed by atoms with Gasteiger partial charge in [0.15, 0.2) is 11.6 Å². The largest absolute Gasteiger partial charge is 0.355 e. The fraction of sp³-hybridized carbons (Fsp3) is 0.222. The molecule has 0 fully saturated rings. The van der Waals surface area contributed by atoms with Crippen LogP contribution < -0.4 is 22.3 Å². The highest BCUT2D eigenvalue weighted by Gasteiger charge is 2.19. The minimum Gasteiger partial charge on any atom is -0.331 e. The van der Waals surface area contributed by atoms with Crippen LogP contribution in [0.2, 0.25) is 0 Å². The van der Waals surface area contributed by atoms with Crippen LogP contribution in [-0.4, -0.2) is 28.7 Å². The third kappa shape index (κ3) is 4.81. The topological polar surface area (TPSA) is 120 Å². The van der Waals surface area contributed by atoms with E-state index in [2.05, 4.69) is 20.3 Å². The molecule has 0 bridgehead atoms. The van der Waals surface area contributed by atoms with Crippen LogP contribution in [0.25, 0.3) is 11.0 Å². The van der Waals surface area contributed by atoms with Gasteiger partial charge in [-0.3, -0.25) is 9.36 Å². The molecule has 0 spiro atoms. The minimum absolute atomic E-state index is 0.111. The molecule has 206 valence electrons. The molecule has 0 atom stereocenters. The number of aryl methyl sites for hydroxylation is 3. The van der Waals surface area contributed by atoms with Gasteiger partial charge in [0.2, 0.25) is 5.95 Å². The second-order valence-electron chi connectivity index (χ2n) is 9.25. The highest BCUT2D eigenvalue weighted by Crippen LogP contribution is 2.27. The van der Waals surface area contributed by atoms with E-state index in [0.29, 0.717) is 28.8 Å². The molecule has 5 aromatic rings. The zero-order valence-electron chi connectivity index (χ0n) is 21.8. The van der Waals surface area contributed by atoms with Crippen molar-refractivity contribution in [2.45, 2.75) is 33.4 Å². The van der Waals surface area contributed by atoms with Crippen molar-refractivity contribution < 1.29 is 13.2 Å². The molecule has 2 N–H and O–H groups in total. The van der Waals surface area contributed by atoms with Gasteiger partial charge < -0.3 is 14.9 Å². The number of hydrogen-bond acceptors (Lipinski definition) is 6. The van der Waals surface area contributed by atoms with Crippen molar-refractivity contribution >= 4 is 22.7 Å². The molecule has 10 nitrogen and oxygen atoms in total. The number of nitrogens with one attached hydrogen (secondary N) is 2. The number of nitrogens with zero attached hydrogens (tertiary/aromatic N) is 5. The molecule has 0 saturated heterocycles. The molecule has 0 aliphatic rings. The molecule has 3 aromatic heterocycles. The molecular formula is C27H24F3N7O3. The molecule has 3 heterocycles. The van der Waals surface area contributed by atoms with Crippen molar-refractivity contribution in [1.29, 1.82) is 0 Å². The predicted octanol–water partition coefficient (Wildman–Crippen LogP) is 3.11. The van der Waals surface area contributed by atoms with Crippen molar-refractivity contribution in [2.75, 3.05) is 5.32 Å². The lowest BCUT2D eigenvalue weighted by atomic mass is 10.1. The highest BCUT2D eigenvalue weighted by molar-refractivity contribution is 5.83. The molecule has 5 rings (SSSR count). The standard InChI is InChI=1S/C27H24F3N7O3/c1-4-15-9-22-23(35(3)14(2)32-22)11-21(15)33-25-34-26(39)37(12-16-6-5-7-31-24(16)38)27(40)36(25)13-17-8-19(29)20(30)10-18(17)28/h5-11H,4,12-13H2,1-3H3,(H,31,38)(H,33,34,39). The van der Waals surface area contributed by atoms with E-state index < -0.39 is 47.5 Å². The molecule has 0 unspecified atom stereocenters. The molecule has 40 heavy (non-hydrogen) atoms. The lowest BCUT2D eigenvalue weighted by Crippen LogP contribution is -2.43. The lowest BCUT2D eigenvalue weighted by molar-refractivity contribution is 0.485. The van der Waals surface area contributed by atoms with Gasteiger partial charge in [0, 0.05) is 36.1 Å². The van der Waals surface area contributed by atoms with Crippen molar-refractivity contribution in [1.82, 2.24) is 28.7 Å². The average molecular weight is 552 g/mol. The summed E-state index contributed by atoms with van der Waals surface area (Å²) in [5.74, 6) is -3.25. The first-order chi connectivity index (χ1) is 19.1. The first kappa shape index (κ1) is 26.7. The van der Waals surface area contributed by atoms with Gasteiger partial charge in [0.05, 0.1) is 24.1 Å². The maximum absolute atomic E-state index is 14.6. The van der Waals surface area contributed by atoms with Gasteiger partial charge in [-0.15, -0.1) is 0 Å². The van der Waals surface area contributed by atoms with Crippen molar-refractivity contribution in [3.05, 3.63) is 114 Å². The van der Waals surface area contributed by atoms with Gasteiger partial charge in [-0.2, -0.15) is 4.98 Å². The number of aromatic nitrogens is 6. The smallest absolute Gasteiger partial charge is 0.331 e. The van der Waals surface area contributed by atoms with E-state index in [-0.39, 0.29) is 17.1 Å². The predicted molar refractivity (Wildman–Crippen MR) is 142 cm³/mol. The number of halogens is 3. The van der Waals surface area contributed by atoms with Crippen molar-refractivity contribution in [2.24, 2.45) is 7.05 Å². The first-order valence-electron chi connectivity index (χ1n) is 12.3. The normalized spacial score (nSPS) is 11.3. The Bertz CT molecular complexity index is 1960. The number of benzene rings is 2. The first-order valence-corrected chi connectivity index (χ1v) is 12.3. The number of rotatable bonds is 7. The van der Waals surface area contributed by atoms with E-state index in [0.717, 1.165) is 27.0 Å². The third-order valence-electron chi connectivity index (χ3n) is 6.75. The highest BCUT2D eigenvalue weighted by atomic mass is 19.2. The lowest BCUT2D eigenvalue weighted by Gasteiger charge is -2.17. The van der Waals surface area contributed by atoms with Crippen LogP contribution in [0.4, 0.5) is 24.8 Å². The minimum atomic E-state index is -1.38. The van der Waals surface area contributed by atoms with Gasteiger partial charge in [-0.1, -0.05) is 13.0 Å².